The van der Waals surface area contributed by atoms with Gasteiger partial charge in [0.05, 0.1) is 35.0 Å². The van der Waals surface area contributed by atoms with Gasteiger partial charge in [0.15, 0.2) is 11.5 Å². The summed E-state index contributed by atoms with van der Waals surface area (Å²) in [6.45, 7) is 5.30. The van der Waals surface area contributed by atoms with Crippen LogP contribution in [0.5, 0.6) is 23.0 Å². The molecule has 0 aliphatic carbocycles. The maximum absolute atomic E-state index is 12.5. The quantitative estimate of drug-likeness (QED) is 0.603. The van der Waals surface area contributed by atoms with Crippen molar-refractivity contribution in [3.63, 3.8) is 0 Å². The molecule has 174 valence electrons. The number of hydrogen-bond acceptors (Lipinski definition) is 7. The van der Waals surface area contributed by atoms with Gasteiger partial charge in [0.2, 0.25) is 11.7 Å². The highest BCUT2D eigenvalue weighted by atomic mass is 16.5. The van der Waals surface area contributed by atoms with E-state index in [2.05, 4.69) is 27.2 Å². The lowest BCUT2D eigenvalue weighted by atomic mass is 10.1. The molecule has 32 heavy (non-hydrogen) atoms. The molecule has 2 aromatic carbocycles. The normalized spacial score (nSPS) is 14.6. The topological polar surface area (TPSA) is 72.5 Å². The maximum Gasteiger partial charge on any atom is 0.234 e. The van der Waals surface area contributed by atoms with Gasteiger partial charge < -0.3 is 24.3 Å². The molecule has 1 N–H and O–H groups in total. The van der Waals surface area contributed by atoms with Crippen LogP contribution in [-0.4, -0.2) is 76.9 Å². The number of hydrogen-bond donors (Lipinski definition) is 1. The summed E-state index contributed by atoms with van der Waals surface area (Å²) in [5.74, 6) is 2.56. The number of nitrogens with zero attached hydrogens (tertiary/aromatic N) is 2. The number of piperazine rings is 1. The van der Waals surface area contributed by atoms with Crippen LogP contribution in [0.3, 0.4) is 0 Å². The number of methoxy groups -OCH3 is 4. The molecule has 2 aromatic rings. The molecule has 3 rings (SSSR count). The summed E-state index contributed by atoms with van der Waals surface area (Å²) >= 11 is 0. The number of carbonyl (C=O) groups is 1. The van der Waals surface area contributed by atoms with Crippen molar-refractivity contribution in [2.45, 2.75) is 13.1 Å². The van der Waals surface area contributed by atoms with Gasteiger partial charge in [-0.05, 0) is 35.4 Å². The first kappa shape index (κ1) is 23.7. The van der Waals surface area contributed by atoms with Gasteiger partial charge in [-0.2, -0.15) is 0 Å². The lowest BCUT2D eigenvalue weighted by Crippen LogP contribution is -2.49. The molecule has 0 radical (unpaired) electrons. The first-order chi connectivity index (χ1) is 15.6. The zero-order valence-electron chi connectivity index (χ0n) is 19.3. The highest BCUT2D eigenvalue weighted by Crippen LogP contribution is 2.38. The number of nitrogens with one attached hydrogen (secondary N) is 1. The zero-order chi connectivity index (χ0) is 22.9. The standard InChI is InChI=1S/C24H33N3O5/c1-29-20-7-5-18(6-8-20)16-26-9-11-27(12-10-26)17-23(28)25-15-19-13-21(30-2)24(32-4)22(14-19)31-3/h5-8,13-14H,9-12,15-17H2,1-4H3,(H,25,28). The molecule has 1 aliphatic rings. The summed E-state index contributed by atoms with van der Waals surface area (Å²) in [5, 5.41) is 2.99. The second-order valence-corrected chi connectivity index (χ2v) is 7.71. The summed E-state index contributed by atoms with van der Waals surface area (Å²) < 4.78 is 21.3. The first-order valence-corrected chi connectivity index (χ1v) is 10.7. The predicted octanol–water partition coefficient (Wildman–Crippen LogP) is 2.16. The van der Waals surface area contributed by atoms with Crippen molar-refractivity contribution in [2.75, 3.05) is 61.2 Å². The predicted molar refractivity (Wildman–Crippen MR) is 123 cm³/mol. The molecule has 0 bridgehead atoms. The van der Waals surface area contributed by atoms with Crippen LogP contribution in [0.15, 0.2) is 36.4 Å². The summed E-state index contributed by atoms with van der Waals surface area (Å²) in [7, 11) is 6.40. The Balaban J connectivity index is 1.44. The van der Waals surface area contributed by atoms with E-state index < -0.39 is 0 Å². The van der Waals surface area contributed by atoms with Crippen LogP contribution in [0.1, 0.15) is 11.1 Å². The van der Waals surface area contributed by atoms with Gasteiger partial charge in [0, 0.05) is 39.3 Å². The average Bonchev–Trinajstić information content (AvgIpc) is 2.83. The largest absolute Gasteiger partial charge is 0.497 e. The van der Waals surface area contributed by atoms with Crippen molar-refractivity contribution in [3.8, 4) is 23.0 Å². The molecule has 1 heterocycles. The summed E-state index contributed by atoms with van der Waals surface area (Å²) in [4.78, 5) is 17.1. The van der Waals surface area contributed by atoms with Crippen LogP contribution < -0.4 is 24.3 Å². The van der Waals surface area contributed by atoms with Crippen LogP contribution in [0.4, 0.5) is 0 Å². The molecule has 8 heteroatoms. The van der Waals surface area contributed by atoms with E-state index in [1.54, 1.807) is 28.4 Å². The highest BCUT2D eigenvalue weighted by Gasteiger charge is 2.19. The van der Waals surface area contributed by atoms with E-state index in [0.29, 0.717) is 30.3 Å². The fourth-order valence-electron chi connectivity index (χ4n) is 3.79. The molecule has 0 spiro atoms. The Morgan fingerprint density at radius 1 is 0.812 bits per heavy atom. The molecule has 0 aromatic heterocycles. The van der Waals surface area contributed by atoms with E-state index in [9.17, 15) is 4.79 Å². The van der Waals surface area contributed by atoms with Gasteiger partial charge in [-0.25, -0.2) is 0 Å². The molecule has 0 unspecified atom stereocenters. The van der Waals surface area contributed by atoms with Gasteiger partial charge in [-0.3, -0.25) is 14.6 Å². The Morgan fingerprint density at radius 3 is 1.94 bits per heavy atom. The van der Waals surface area contributed by atoms with Crippen molar-refractivity contribution in [1.82, 2.24) is 15.1 Å². The fourth-order valence-corrected chi connectivity index (χ4v) is 3.79. The maximum atomic E-state index is 12.5. The number of ether oxygens (including phenoxy) is 4. The van der Waals surface area contributed by atoms with E-state index in [-0.39, 0.29) is 5.91 Å². The summed E-state index contributed by atoms with van der Waals surface area (Å²) in [5.41, 5.74) is 2.15. The van der Waals surface area contributed by atoms with Gasteiger partial charge in [0.25, 0.3) is 0 Å². The minimum atomic E-state index is 0.00218. The fraction of sp³-hybridized carbons (Fsp3) is 0.458. The number of amides is 1. The lowest BCUT2D eigenvalue weighted by molar-refractivity contribution is -0.122. The van der Waals surface area contributed by atoms with Gasteiger partial charge in [-0.1, -0.05) is 12.1 Å². The Morgan fingerprint density at radius 2 is 1.41 bits per heavy atom. The van der Waals surface area contributed by atoms with Crippen molar-refractivity contribution in [2.24, 2.45) is 0 Å². The van der Waals surface area contributed by atoms with E-state index >= 15 is 0 Å². The highest BCUT2D eigenvalue weighted by molar-refractivity contribution is 5.78. The average molecular weight is 444 g/mol. The van der Waals surface area contributed by atoms with Gasteiger partial charge in [0.1, 0.15) is 5.75 Å². The van der Waals surface area contributed by atoms with Crippen molar-refractivity contribution >= 4 is 5.91 Å². The molecule has 0 saturated carbocycles. The third-order valence-electron chi connectivity index (χ3n) is 5.61. The third kappa shape index (κ3) is 6.27. The van der Waals surface area contributed by atoms with Crippen molar-refractivity contribution in [1.29, 1.82) is 0 Å². The lowest BCUT2D eigenvalue weighted by Gasteiger charge is -2.34. The van der Waals surface area contributed by atoms with Crippen LogP contribution in [-0.2, 0) is 17.9 Å². The molecule has 8 nitrogen and oxygen atoms in total. The van der Waals surface area contributed by atoms with E-state index in [4.69, 9.17) is 18.9 Å². The minimum Gasteiger partial charge on any atom is -0.497 e. The molecule has 1 saturated heterocycles. The summed E-state index contributed by atoms with van der Waals surface area (Å²) in [6.07, 6.45) is 0. The molecule has 1 fully saturated rings. The van der Waals surface area contributed by atoms with E-state index in [1.165, 1.54) is 5.56 Å². The van der Waals surface area contributed by atoms with Crippen LogP contribution in [0.2, 0.25) is 0 Å². The first-order valence-electron chi connectivity index (χ1n) is 10.7. The molecular weight excluding hydrogens is 410 g/mol. The van der Waals surface area contributed by atoms with Gasteiger partial charge in [-0.15, -0.1) is 0 Å². The Kier molecular flexibility index (Phi) is 8.58. The van der Waals surface area contributed by atoms with Crippen LogP contribution >= 0.6 is 0 Å². The second kappa shape index (κ2) is 11.6. The Bertz CT molecular complexity index is 855. The SMILES string of the molecule is COc1ccc(CN2CCN(CC(=O)NCc3cc(OC)c(OC)c(OC)c3)CC2)cc1. The smallest absolute Gasteiger partial charge is 0.234 e. The number of rotatable bonds is 10. The number of carbonyl (C=O) groups excluding carboxylic acids is 1. The third-order valence-corrected chi connectivity index (χ3v) is 5.61. The second-order valence-electron chi connectivity index (χ2n) is 7.71. The zero-order valence-corrected chi connectivity index (χ0v) is 19.3. The molecular formula is C24H33N3O5. The minimum absolute atomic E-state index is 0.00218. The van der Waals surface area contributed by atoms with E-state index in [0.717, 1.165) is 44.0 Å². The Labute approximate surface area is 190 Å². The monoisotopic (exact) mass is 443 g/mol. The molecule has 0 atom stereocenters. The number of benzene rings is 2. The van der Waals surface area contributed by atoms with Gasteiger partial charge >= 0.3 is 0 Å². The van der Waals surface area contributed by atoms with Crippen molar-refractivity contribution < 1.29 is 23.7 Å². The van der Waals surface area contributed by atoms with E-state index in [1.807, 2.05) is 24.3 Å². The Hall–Kier alpha value is -2.97. The van der Waals surface area contributed by atoms with Crippen LogP contribution in [0.25, 0.3) is 0 Å². The molecule has 1 aliphatic heterocycles. The molecule has 1 amide bonds. The summed E-state index contributed by atoms with van der Waals surface area (Å²) in [6, 6.07) is 11.9. The van der Waals surface area contributed by atoms with Crippen molar-refractivity contribution in [3.05, 3.63) is 47.5 Å². The van der Waals surface area contributed by atoms with Crippen LogP contribution in [0, 0.1) is 0 Å².